The molecule has 0 radical (unpaired) electrons. The van der Waals surface area contributed by atoms with Crippen molar-refractivity contribution in [1.29, 1.82) is 0 Å². The van der Waals surface area contributed by atoms with E-state index in [0.29, 0.717) is 10.8 Å². The molecule has 28 heavy (non-hydrogen) atoms. The van der Waals surface area contributed by atoms with E-state index in [2.05, 4.69) is 20.7 Å². The Morgan fingerprint density at radius 3 is 2.79 bits per heavy atom. The zero-order chi connectivity index (χ0) is 19.9. The van der Waals surface area contributed by atoms with Crippen molar-refractivity contribution in [3.8, 4) is 0 Å². The number of alkyl halides is 3. The smallest absolute Gasteiger partial charge is 0.410 e. The van der Waals surface area contributed by atoms with Gasteiger partial charge >= 0.3 is 6.18 Å². The summed E-state index contributed by atoms with van der Waals surface area (Å²) in [5, 5.41) is 9.63. The van der Waals surface area contributed by atoms with Crippen LogP contribution in [-0.2, 0) is 0 Å². The average molecular weight is 412 g/mol. The summed E-state index contributed by atoms with van der Waals surface area (Å²) < 4.78 is 46.8. The van der Waals surface area contributed by atoms with Gasteiger partial charge in [0.25, 0.3) is 5.91 Å². The molecular formula is C17H13ClF3N5O2. The summed E-state index contributed by atoms with van der Waals surface area (Å²) in [4.78, 5) is 16.5. The summed E-state index contributed by atoms with van der Waals surface area (Å²) in [5.41, 5.74) is -0.0396. The minimum Gasteiger partial charge on any atom is -0.467 e. The highest BCUT2D eigenvalue weighted by molar-refractivity contribution is 6.30. The van der Waals surface area contributed by atoms with Crippen LogP contribution >= 0.6 is 11.6 Å². The number of furan rings is 1. The van der Waals surface area contributed by atoms with Gasteiger partial charge in [-0.2, -0.15) is 18.3 Å². The number of anilines is 2. The van der Waals surface area contributed by atoms with Crippen molar-refractivity contribution in [2.24, 2.45) is 0 Å². The molecular weight excluding hydrogens is 399 g/mol. The van der Waals surface area contributed by atoms with E-state index in [1.54, 1.807) is 12.1 Å². The van der Waals surface area contributed by atoms with E-state index in [4.69, 9.17) is 16.0 Å². The monoisotopic (exact) mass is 411 g/mol. The highest BCUT2D eigenvalue weighted by Gasteiger charge is 2.47. The minimum absolute atomic E-state index is 0.0396. The fourth-order valence-electron chi connectivity index (χ4n) is 3.04. The van der Waals surface area contributed by atoms with Crippen molar-refractivity contribution >= 4 is 29.1 Å². The molecule has 2 atom stereocenters. The molecule has 0 unspecified atom stereocenters. The highest BCUT2D eigenvalue weighted by atomic mass is 35.5. The highest BCUT2D eigenvalue weighted by Crippen LogP contribution is 2.44. The van der Waals surface area contributed by atoms with Gasteiger partial charge in [-0.05, 0) is 24.3 Å². The van der Waals surface area contributed by atoms with Crippen LogP contribution in [0.3, 0.4) is 0 Å². The van der Waals surface area contributed by atoms with Gasteiger partial charge in [0.05, 0.1) is 23.5 Å². The lowest BCUT2D eigenvalue weighted by molar-refractivity contribution is -0.174. The van der Waals surface area contributed by atoms with Crippen LogP contribution in [-0.4, -0.2) is 26.8 Å². The van der Waals surface area contributed by atoms with Gasteiger partial charge < -0.3 is 15.1 Å². The molecule has 0 bridgehead atoms. The third-order valence-corrected chi connectivity index (χ3v) is 4.56. The summed E-state index contributed by atoms with van der Waals surface area (Å²) >= 11 is 5.75. The lowest BCUT2D eigenvalue weighted by atomic mass is 10.0. The summed E-state index contributed by atoms with van der Waals surface area (Å²) in [6.45, 7) is 0. The number of hydrogen-bond donors (Lipinski definition) is 2. The van der Waals surface area contributed by atoms with E-state index in [1.807, 2.05) is 0 Å². The number of nitrogens with one attached hydrogen (secondary N) is 2. The lowest BCUT2D eigenvalue weighted by Crippen LogP contribution is -2.36. The number of fused-ring (bicyclic) bond motifs is 1. The molecule has 2 N–H and O–H groups in total. The first kappa shape index (κ1) is 18.4. The fourth-order valence-corrected chi connectivity index (χ4v) is 3.15. The second-order valence-corrected chi connectivity index (χ2v) is 6.61. The van der Waals surface area contributed by atoms with Crippen molar-refractivity contribution in [2.75, 3.05) is 10.6 Å². The summed E-state index contributed by atoms with van der Waals surface area (Å²) in [5.74, 6) is -0.140. The van der Waals surface area contributed by atoms with Gasteiger partial charge in [0.1, 0.15) is 23.0 Å². The number of hydrogen-bond acceptors (Lipinski definition) is 5. The molecule has 1 aliphatic heterocycles. The Hall–Kier alpha value is -3.01. The molecule has 0 saturated heterocycles. The van der Waals surface area contributed by atoms with E-state index in [1.165, 1.54) is 24.6 Å². The second kappa shape index (κ2) is 6.86. The SMILES string of the molecule is O=C(Nc1ccc(Cl)cn1)c1cnn2c1N[C@@H](c1ccco1)C[C@@H]2C(F)(F)F. The number of amides is 1. The van der Waals surface area contributed by atoms with Crippen molar-refractivity contribution in [2.45, 2.75) is 24.7 Å². The summed E-state index contributed by atoms with van der Waals surface area (Å²) in [7, 11) is 0. The van der Waals surface area contributed by atoms with Crippen molar-refractivity contribution in [1.82, 2.24) is 14.8 Å². The molecule has 1 aliphatic rings. The van der Waals surface area contributed by atoms with Crippen LogP contribution in [0.15, 0.2) is 47.3 Å². The molecule has 7 nitrogen and oxygen atoms in total. The van der Waals surface area contributed by atoms with Gasteiger partial charge in [0.15, 0.2) is 6.04 Å². The number of carbonyl (C=O) groups excluding carboxylic acids is 1. The van der Waals surface area contributed by atoms with Crippen molar-refractivity contribution < 1.29 is 22.4 Å². The van der Waals surface area contributed by atoms with Crippen LogP contribution in [0.4, 0.5) is 24.8 Å². The molecule has 3 aromatic rings. The largest absolute Gasteiger partial charge is 0.467 e. The molecule has 0 saturated carbocycles. The van der Waals surface area contributed by atoms with Crippen LogP contribution in [0.2, 0.25) is 5.02 Å². The zero-order valence-electron chi connectivity index (χ0n) is 14.1. The Bertz CT molecular complexity index is 985. The Labute approximate surface area is 161 Å². The molecule has 0 spiro atoms. The standard InChI is InChI=1S/C17H13ClF3N5O2/c18-9-3-4-14(22-7-9)25-16(27)10-8-23-26-13(17(19,20)21)6-11(24-15(10)26)12-2-1-5-28-12/h1-5,7-8,11,13,24H,6H2,(H,22,25,27)/t11-,13-/m1/s1. The number of carbonyl (C=O) groups is 1. The van der Waals surface area contributed by atoms with Crippen LogP contribution < -0.4 is 10.6 Å². The van der Waals surface area contributed by atoms with E-state index in [-0.39, 0.29) is 23.6 Å². The van der Waals surface area contributed by atoms with Gasteiger partial charge in [-0.15, -0.1) is 0 Å². The Morgan fingerprint density at radius 1 is 1.32 bits per heavy atom. The normalized spacial score (nSPS) is 19.0. The Balaban J connectivity index is 1.67. The predicted octanol–water partition coefficient (Wildman–Crippen LogP) is 4.44. The van der Waals surface area contributed by atoms with Crippen molar-refractivity contribution in [3.05, 3.63) is 59.3 Å². The number of aromatic nitrogens is 3. The first-order chi connectivity index (χ1) is 13.3. The first-order valence-electron chi connectivity index (χ1n) is 8.20. The second-order valence-electron chi connectivity index (χ2n) is 6.17. The maximum Gasteiger partial charge on any atom is 0.410 e. The molecule has 1 amide bonds. The fraction of sp³-hybridized carbons (Fsp3) is 0.235. The third kappa shape index (κ3) is 3.42. The minimum atomic E-state index is -4.54. The van der Waals surface area contributed by atoms with Gasteiger partial charge in [-0.3, -0.25) is 4.79 Å². The third-order valence-electron chi connectivity index (χ3n) is 4.34. The molecule has 11 heteroatoms. The molecule has 0 aromatic carbocycles. The number of rotatable bonds is 3. The maximum atomic E-state index is 13.6. The molecule has 4 heterocycles. The quantitative estimate of drug-likeness (QED) is 0.665. The molecule has 4 rings (SSSR count). The van der Waals surface area contributed by atoms with Crippen LogP contribution in [0.25, 0.3) is 0 Å². The number of nitrogens with zero attached hydrogens (tertiary/aromatic N) is 3. The maximum absolute atomic E-state index is 13.6. The van der Waals surface area contributed by atoms with E-state index in [9.17, 15) is 18.0 Å². The van der Waals surface area contributed by atoms with Gasteiger partial charge in [-0.1, -0.05) is 11.6 Å². The van der Waals surface area contributed by atoms with Gasteiger partial charge in [0, 0.05) is 12.6 Å². The number of pyridine rings is 1. The predicted molar refractivity (Wildman–Crippen MR) is 94.2 cm³/mol. The summed E-state index contributed by atoms with van der Waals surface area (Å²) in [6, 6.07) is 3.52. The Kier molecular flexibility index (Phi) is 4.50. The Morgan fingerprint density at radius 2 is 2.14 bits per heavy atom. The van der Waals surface area contributed by atoms with E-state index in [0.717, 1.165) is 10.9 Å². The molecule has 3 aromatic heterocycles. The molecule has 0 fully saturated rings. The topological polar surface area (TPSA) is 85.0 Å². The first-order valence-corrected chi connectivity index (χ1v) is 8.58. The number of halogens is 4. The van der Waals surface area contributed by atoms with Gasteiger partial charge in [-0.25, -0.2) is 9.67 Å². The van der Waals surface area contributed by atoms with Crippen LogP contribution in [0, 0.1) is 0 Å². The van der Waals surface area contributed by atoms with E-state index < -0.39 is 24.2 Å². The molecule has 146 valence electrons. The zero-order valence-corrected chi connectivity index (χ0v) is 14.8. The van der Waals surface area contributed by atoms with E-state index >= 15 is 0 Å². The van der Waals surface area contributed by atoms with Crippen LogP contribution in [0.5, 0.6) is 0 Å². The summed E-state index contributed by atoms with van der Waals surface area (Å²) in [6.07, 6.45) is -1.04. The molecule has 0 aliphatic carbocycles. The van der Waals surface area contributed by atoms with Crippen LogP contribution in [0.1, 0.15) is 34.6 Å². The van der Waals surface area contributed by atoms with Crippen molar-refractivity contribution in [3.63, 3.8) is 0 Å². The lowest BCUT2D eigenvalue weighted by Gasteiger charge is -2.32. The van der Waals surface area contributed by atoms with Gasteiger partial charge in [0.2, 0.25) is 0 Å². The average Bonchev–Trinajstić information content (AvgIpc) is 3.31.